The minimum atomic E-state index is -0.124. The van der Waals surface area contributed by atoms with Crippen LogP contribution in [-0.2, 0) is 17.6 Å². The molecular weight excluding hydrogens is 240 g/mol. The van der Waals surface area contributed by atoms with E-state index in [2.05, 4.69) is 27.8 Å². The number of amides is 1. The molecule has 0 bridgehead atoms. The molecule has 0 saturated carbocycles. The highest BCUT2D eigenvalue weighted by molar-refractivity contribution is 5.94. The minimum absolute atomic E-state index is 0.0532. The van der Waals surface area contributed by atoms with Crippen molar-refractivity contribution in [2.24, 2.45) is 10.7 Å². The number of fused-ring (bicyclic) bond motifs is 1. The smallest absolute Gasteiger partial charge is 0.241 e. The third kappa shape index (κ3) is 3.71. The average molecular weight is 260 g/mol. The van der Waals surface area contributed by atoms with Gasteiger partial charge in [0, 0.05) is 12.2 Å². The first kappa shape index (κ1) is 13.4. The van der Waals surface area contributed by atoms with E-state index >= 15 is 0 Å². The Bertz CT molecular complexity index is 496. The molecule has 1 aromatic carbocycles. The molecule has 1 aromatic rings. The van der Waals surface area contributed by atoms with Crippen molar-refractivity contribution in [1.29, 1.82) is 0 Å². The van der Waals surface area contributed by atoms with Gasteiger partial charge in [0.05, 0.1) is 0 Å². The maximum Gasteiger partial charge on any atom is 0.241 e. The second-order valence-electron chi connectivity index (χ2n) is 4.62. The number of guanidine groups is 1. The zero-order valence-corrected chi connectivity index (χ0v) is 11.2. The van der Waals surface area contributed by atoms with Crippen LogP contribution in [0.1, 0.15) is 24.5 Å². The fourth-order valence-corrected chi connectivity index (χ4v) is 2.25. The van der Waals surface area contributed by atoms with Crippen molar-refractivity contribution in [1.82, 2.24) is 5.32 Å². The Labute approximate surface area is 113 Å². The maximum absolute atomic E-state index is 11.3. The van der Waals surface area contributed by atoms with Crippen molar-refractivity contribution in [3.8, 4) is 0 Å². The van der Waals surface area contributed by atoms with Crippen molar-refractivity contribution in [3.63, 3.8) is 0 Å². The van der Waals surface area contributed by atoms with Crippen LogP contribution in [-0.4, -0.2) is 25.0 Å². The average Bonchev–Trinajstić information content (AvgIpc) is 2.84. The third-order valence-corrected chi connectivity index (χ3v) is 3.14. The molecule has 0 atom stereocenters. The highest BCUT2D eigenvalue weighted by Gasteiger charge is 2.10. The number of hydrogen-bond acceptors (Lipinski definition) is 2. The van der Waals surface area contributed by atoms with Crippen molar-refractivity contribution in [2.75, 3.05) is 18.4 Å². The van der Waals surface area contributed by atoms with Crippen molar-refractivity contribution < 1.29 is 4.79 Å². The zero-order chi connectivity index (χ0) is 13.7. The molecule has 2 rings (SSSR count). The molecule has 5 heteroatoms. The van der Waals surface area contributed by atoms with E-state index in [-0.39, 0.29) is 18.4 Å². The summed E-state index contributed by atoms with van der Waals surface area (Å²) in [6, 6.07) is 6.23. The maximum atomic E-state index is 11.3. The predicted molar refractivity (Wildman–Crippen MR) is 77.3 cm³/mol. The summed E-state index contributed by atoms with van der Waals surface area (Å²) in [4.78, 5) is 15.3. The zero-order valence-electron chi connectivity index (χ0n) is 11.2. The first-order valence-electron chi connectivity index (χ1n) is 6.64. The van der Waals surface area contributed by atoms with Gasteiger partial charge in [-0.2, -0.15) is 0 Å². The number of likely N-dealkylation sites (N-methyl/N-ethyl adjacent to an activating group) is 1. The van der Waals surface area contributed by atoms with Crippen LogP contribution >= 0.6 is 0 Å². The summed E-state index contributed by atoms with van der Waals surface area (Å²) in [7, 11) is 0. The van der Waals surface area contributed by atoms with E-state index in [0.717, 1.165) is 18.5 Å². The predicted octanol–water partition coefficient (Wildman–Crippen LogP) is 1.04. The number of aliphatic imine (C=N–C) groups is 1. The molecule has 5 nitrogen and oxygen atoms in total. The summed E-state index contributed by atoms with van der Waals surface area (Å²) in [5.41, 5.74) is 9.48. The number of nitrogens with one attached hydrogen (secondary N) is 2. The van der Waals surface area contributed by atoms with Crippen LogP contribution in [0.2, 0.25) is 0 Å². The van der Waals surface area contributed by atoms with Gasteiger partial charge in [-0.05, 0) is 49.4 Å². The Hall–Kier alpha value is -2.04. The summed E-state index contributed by atoms with van der Waals surface area (Å²) in [6.45, 7) is 2.53. The second kappa shape index (κ2) is 6.22. The molecule has 0 aromatic heterocycles. The van der Waals surface area contributed by atoms with E-state index in [0.29, 0.717) is 6.54 Å². The molecule has 0 fully saturated rings. The standard InChI is InChI=1S/C14H20N4O/c1-2-16-13(19)9-17-14(15)18-12-7-6-10-4-3-5-11(10)8-12/h6-8H,2-5,9H2,1H3,(H,16,19)(H3,15,17,18). The number of carbonyl (C=O) groups is 1. The molecule has 4 N–H and O–H groups in total. The van der Waals surface area contributed by atoms with E-state index in [1.807, 2.05) is 13.0 Å². The van der Waals surface area contributed by atoms with Crippen molar-refractivity contribution >= 4 is 17.6 Å². The van der Waals surface area contributed by atoms with Gasteiger partial charge in [0.25, 0.3) is 0 Å². The number of carbonyl (C=O) groups excluding carboxylic acids is 1. The quantitative estimate of drug-likeness (QED) is 0.559. The Morgan fingerprint density at radius 2 is 2.16 bits per heavy atom. The topological polar surface area (TPSA) is 79.5 Å². The molecular formula is C14H20N4O. The van der Waals surface area contributed by atoms with Gasteiger partial charge in [-0.3, -0.25) is 4.79 Å². The molecule has 0 radical (unpaired) electrons. The first-order valence-corrected chi connectivity index (χ1v) is 6.64. The largest absolute Gasteiger partial charge is 0.370 e. The number of aryl methyl sites for hydroxylation is 2. The van der Waals surface area contributed by atoms with Crippen LogP contribution in [0, 0.1) is 0 Å². The Balaban J connectivity index is 1.93. The molecule has 0 unspecified atom stereocenters. The highest BCUT2D eigenvalue weighted by atomic mass is 16.1. The van der Waals surface area contributed by atoms with Crippen LogP contribution in [0.15, 0.2) is 23.2 Å². The van der Waals surface area contributed by atoms with Crippen LogP contribution in [0.4, 0.5) is 5.69 Å². The molecule has 0 aliphatic heterocycles. The summed E-state index contributed by atoms with van der Waals surface area (Å²) in [5, 5.41) is 5.69. The summed E-state index contributed by atoms with van der Waals surface area (Å²) < 4.78 is 0. The van der Waals surface area contributed by atoms with E-state index in [9.17, 15) is 4.79 Å². The lowest BCUT2D eigenvalue weighted by Crippen LogP contribution is -2.28. The Morgan fingerprint density at radius 3 is 2.95 bits per heavy atom. The van der Waals surface area contributed by atoms with E-state index in [1.165, 1.54) is 17.5 Å². The van der Waals surface area contributed by atoms with Gasteiger partial charge >= 0.3 is 0 Å². The van der Waals surface area contributed by atoms with Crippen LogP contribution in [0.3, 0.4) is 0 Å². The lowest BCUT2D eigenvalue weighted by molar-refractivity contribution is -0.119. The van der Waals surface area contributed by atoms with Crippen molar-refractivity contribution in [3.05, 3.63) is 29.3 Å². The highest BCUT2D eigenvalue weighted by Crippen LogP contribution is 2.24. The fraction of sp³-hybridized carbons (Fsp3) is 0.429. The monoisotopic (exact) mass is 260 g/mol. The Morgan fingerprint density at radius 1 is 1.37 bits per heavy atom. The first-order chi connectivity index (χ1) is 9.19. The van der Waals surface area contributed by atoms with E-state index in [4.69, 9.17) is 5.73 Å². The van der Waals surface area contributed by atoms with Crippen molar-refractivity contribution in [2.45, 2.75) is 26.2 Å². The van der Waals surface area contributed by atoms with Gasteiger partial charge in [0.1, 0.15) is 6.54 Å². The van der Waals surface area contributed by atoms with Crippen LogP contribution in [0.5, 0.6) is 0 Å². The normalized spacial score (nSPS) is 14.1. The van der Waals surface area contributed by atoms with Gasteiger partial charge in [0.15, 0.2) is 5.96 Å². The van der Waals surface area contributed by atoms with E-state index < -0.39 is 0 Å². The van der Waals surface area contributed by atoms with Crippen LogP contribution in [0.25, 0.3) is 0 Å². The second-order valence-corrected chi connectivity index (χ2v) is 4.62. The molecule has 1 aliphatic rings. The summed E-state index contributed by atoms with van der Waals surface area (Å²) in [5.74, 6) is 0.144. The molecule has 102 valence electrons. The molecule has 1 aliphatic carbocycles. The third-order valence-electron chi connectivity index (χ3n) is 3.14. The molecule has 19 heavy (non-hydrogen) atoms. The lowest BCUT2D eigenvalue weighted by atomic mass is 10.1. The number of rotatable bonds is 4. The lowest BCUT2D eigenvalue weighted by Gasteiger charge is -2.08. The van der Waals surface area contributed by atoms with Crippen LogP contribution < -0.4 is 16.4 Å². The summed E-state index contributed by atoms with van der Waals surface area (Å²) >= 11 is 0. The molecule has 1 amide bonds. The fourth-order valence-electron chi connectivity index (χ4n) is 2.25. The molecule has 0 heterocycles. The van der Waals surface area contributed by atoms with E-state index in [1.54, 1.807) is 0 Å². The van der Waals surface area contributed by atoms with Gasteiger partial charge in [-0.15, -0.1) is 0 Å². The number of hydrogen-bond donors (Lipinski definition) is 3. The number of nitrogens with zero attached hydrogens (tertiary/aromatic N) is 1. The van der Waals surface area contributed by atoms with Gasteiger partial charge < -0.3 is 16.4 Å². The SMILES string of the molecule is CCNC(=O)CN=C(N)Nc1ccc2c(c1)CCC2. The summed E-state index contributed by atoms with van der Waals surface area (Å²) in [6.07, 6.45) is 3.51. The van der Waals surface area contributed by atoms with Gasteiger partial charge in [-0.25, -0.2) is 4.99 Å². The van der Waals surface area contributed by atoms with Gasteiger partial charge in [-0.1, -0.05) is 6.07 Å². The molecule has 0 spiro atoms. The molecule has 0 saturated heterocycles. The number of anilines is 1. The Kier molecular flexibility index (Phi) is 4.39. The number of nitrogens with two attached hydrogens (primary N) is 1. The minimum Gasteiger partial charge on any atom is -0.370 e. The van der Waals surface area contributed by atoms with Gasteiger partial charge in [0.2, 0.25) is 5.91 Å². The number of benzene rings is 1.